The van der Waals surface area contributed by atoms with Gasteiger partial charge in [0.25, 0.3) is 16.0 Å². The third-order valence-corrected chi connectivity index (χ3v) is 6.28. The molecule has 2 aromatic carbocycles. The molecule has 134 valence electrons. The summed E-state index contributed by atoms with van der Waals surface area (Å²) in [5.41, 5.74) is 10.6. The van der Waals surface area contributed by atoms with E-state index in [0.717, 1.165) is 17.4 Å². The van der Waals surface area contributed by atoms with Crippen LogP contribution in [0.1, 0.15) is 37.7 Å². The minimum Gasteiger partial charge on any atom is -0.367 e. The van der Waals surface area contributed by atoms with Gasteiger partial charge in [0.15, 0.2) is 5.60 Å². The van der Waals surface area contributed by atoms with Crippen LogP contribution in [0.5, 0.6) is 0 Å². The molecular weight excluding hydrogens is 340 g/mol. The molecule has 1 aliphatic carbocycles. The Bertz CT molecular complexity index is 902. The lowest BCUT2D eigenvalue weighted by molar-refractivity contribution is -0.135. The van der Waals surface area contributed by atoms with Crippen LogP contribution >= 0.6 is 0 Å². The zero-order valence-electron chi connectivity index (χ0n) is 13.9. The van der Waals surface area contributed by atoms with Crippen molar-refractivity contribution in [3.63, 3.8) is 0 Å². The molecule has 0 spiro atoms. The lowest BCUT2D eigenvalue weighted by atomic mass is 9.84. The van der Waals surface area contributed by atoms with Crippen LogP contribution in [0.2, 0.25) is 0 Å². The molecule has 25 heavy (non-hydrogen) atoms. The Labute approximate surface area is 147 Å². The number of amides is 1. The number of rotatable bonds is 5. The average molecular weight is 362 g/mol. The number of carbonyl (C=O) groups is 1. The van der Waals surface area contributed by atoms with Crippen LogP contribution in [0.4, 0.5) is 0 Å². The molecule has 3 rings (SSSR count). The maximum absolute atomic E-state index is 13.0. The van der Waals surface area contributed by atoms with Crippen LogP contribution in [-0.2, 0) is 25.6 Å². The van der Waals surface area contributed by atoms with Crippen LogP contribution in [0.3, 0.4) is 0 Å². The number of primary amides is 1. The highest BCUT2D eigenvalue weighted by Crippen LogP contribution is 2.36. The maximum Gasteiger partial charge on any atom is 0.298 e. The van der Waals surface area contributed by atoms with Gasteiger partial charge in [0, 0.05) is 11.9 Å². The fraction of sp³-hybridized carbons (Fsp3) is 0.389. The molecule has 1 fully saturated rings. The molecule has 0 aliphatic heterocycles. The van der Waals surface area contributed by atoms with E-state index in [-0.39, 0.29) is 4.90 Å². The lowest BCUT2D eigenvalue weighted by Crippen LogP contribution is -2.49. The Morgan fingerprint density at radius 1 is 1.04 bits per heavy atom. The van der Waals surface area contributed by atoms with Crippen molar-refractivity contribution < 1.29 is 17.4 Å². The molecular formula is C18H22N2O4S. The largest absolute Gasteiger partial charge is 0.367 e. The second kappa shape index (κ2) is 6.74. The summed E-state index contributed by atoms with van der Waals surface area (Å²) in [5.74, 6) is -0.723. The van der Waals surface area contributed by atoms with E-state index in [1.165, 1.54) is 6.07 Å². The van der Waals surface area contributed by atoms with Crippen molar-refractivity contribution >= 4 is 26.8 Å². The van der Waals surface area contributed by atoms with Crippen molar-refractivity contribution in [3.05, 3.63) is 42.0 Å². The Morgan fingerprint density at radius 3 is 2.28 bits per heavy atom. The summed E-state index contributed by atoms with van der Waals surface area (Å²) in [6.07, 6.45) is 3.00. The first kappa shape index (κ1) is 17.8. The number of carbonyl (C=O) groups excluding carboxylic acids is 1. The van der Waals surface area contributed by atoms with Gasteiger partial charge in [0.2, 0.25) is 0 Å². The number of fused-ring (bicyclic) bond motifs is 1. The fourth-order valence-electron chi connectivity index (χ4n) is 3.48. The summed E-state index contributed by atoms with van der Waals surface area (Å²) in [7, 11) is -4.16. The molecule has 1 aliphatic rings. The highest BCUT2D eigenvalue weighted by atomic mass is 32.2. The molecule has 1 saturated carbocycles. The van der Waals surface area contributed by atoms with Gasteiger partial charge in [-0.15, -0.1) is 0 Å². The first-order valence-corrected chi connectivity index (χ1v) is 9.77. The van der Waals surface area contributed by atoms with Gasteiger partial charge in [0.05, 0.1) is 0 Å². The van der Waals surface area contributed by atoms with Crippen LogP contribution in [0.15, 0.2) is 41.3 Å². The van der Waals surface area contributed by atoms with E-state index in [2.05, 4.69) is 0 Å². The topological polar surface area (TPSA) is 112 Å². The molecule has 6 nitrogen and oxygen atoms in total. The van der Waals surface area contributed by atoms with E-state index in [1.54, 1.807) is 18.2 Å². The van der Waals surface area contributed by atoms with E-state index < -0.39 is 21.6 Å². The summed E-state index contributed by atoms with van der Waals surface area (Å²) in [4.78, 5) is 12.0. The van der Waals surface area contributed by atoms with E-state index in [4.69, 9.17) is 15.7 Å². The number of nitrogens with two attached hydrogens (primary N) is 2. The third kappa shape index (κ3) is 3.27. The van der Waals surface area contributed by atoms with E-state index >= 15 is 0 Å². The van der Waals surface area contributed by atoms with Gasteiger partial charge < -0.3 is 11.5 Å². The third-order valence-electron chi connectivity index (χ3n) is 4.84. The average Bonchev–Trinajstić information content (AvgIpc) is 2.61. The molecule has 7 heteroatoms. The van der Waals surface area contributed by atoms with Gasteiger partial charge in [-0.2, -0.15) is 8.42 Å². The number of hydrogen-bond donors (Lipinski definition) is 2. The smallest absolute Gasteiger partial charge is 0.298 e. The van der Waals surface area contributed by atoms with E-state index in [0.29, 0.717) is 37.6 Å². The van der Waals surface area contributed by atoms with Crippen molar-refractivity contribution in [2.24, 2.45) is 11.5 Å². The van der Waals surface area contributed by atoms with Gasteiger partial charge in [-0.05, 0) is 42.7 Å². The standard InChI is InChI=1S/C18H22N2O4S/c19-12-13-8-9-16(15-7-3-2-6-14(13)15)25(22,23)24-18(17(20)21)10-4-1-5-11-18/h2-3,6-9H,1,4-5,10-12,19H2,(H2,20,21). The Hall–Kier alpha value is -1.96. The molecule has 4 N–H and O–H groups in total. The summed E-state index contributed by atoms with van der Waals surface area (Å²) in [6, 6.07) is 10.3. The molecule has 0 aromatic heterocycles. The summed E-state index contributed by atoms with van der Waals surface area (Å²) in [6.45, 7) is 0.299. The maximum atomic E-state index is 13.0. The normalized spacial score (nSPS) is 17.5. The highest BCUT2D eigenvalue weighted by molar-refractivity contribution is 7.87. The molecule has 0 heterocycles. The summed E-state index contributed by atoms with van der Waals surface area (Å²) < 4.78 is 31.4. The first-order valence-electron chi connectivity index (χ1n) is 8.36. The zero-order valence-corrected chi connectivity index (χ0v) is 14.7. The number of benzene rings is 2. The summed E-state index contributed by atoms with van der Waals surface area (Å²) in [5, 5.41) is 1.28. The molecule has 1 amide bonds. The monoisotopic (exact) mass is 362 g/mol. The minimum atomic E-state index is -4.16. The zero-order chi connectivity index (χ0) is 18.1. The van der Waals surface area contributed by atoms with E-state index in [1.807, 2.05) is 12.1 Å². The van der Waals surface area contributed by atoms with Gasteiger partial charge >= 0.3 is 0 Å². The fourth-order valence-corrected chi connectivity index (χ4v) is 4.92. The van der Waals surface area contributed by atoms with Crippen LogP contribution < -0.4 is 11.5 Å². The molecule has 0 bridgehead atoms. The highest BCUT2D eigenvalue weighted by Gasteiger charge is 2.44. The Morgan fingerprint density at radius 2 is 1.68 bits per heavy atom. The lowest BCUT2D eigenvalue weighted by Gasteiger charge is -2.33. The second-order valence-electron chi connectivity index (χ2n) is 6.43. The SMILES string of the molecule is NCc1ccc(S(=O)(=O)OC2(C(N)=O)CCCCC2)c2ccccc12. The van der Waals surface area contributed by atoms with E-state index in [9.17, 15) is 13.2 Å². The summed E-state index contributed by atoms with van der Waals surface area (Å²) >= 11 is 0. The first-order chi connectivity index (χ1) is 11.9. The van der Waals surface area contributed by atoms with Crippen LogP contribution in [0.25, 0.3) is 10.8 Å². The van der Waals surface area contributed by atoms with Gasteiger partial charge in [-0.1, -0.05) is 36.8 Å². The molecule has 0 saturated heterocycles. The molecule has 2 aromatic rings. The van der Waals surface area contributed by atoms with Crippen LogP contribution in [0, 0.1) is 0 Å². The van der Waals surface area contributed by atoms with Crippen molar-refractivity contribution in [2.45, 2.75) is 49.1 Å². The molecule has 0 atom stereocenters. The minimum absolute atomic E-state index is 0.0338. The quantitative estimate of drug-likeness (QED) is 0.792. The Kier molecular flexibility index (Phi) is 4.81. The van der Waals surface area contributed by atoms with Crippen molar-refractivity contribution in [1.82, 2.24) is 0 Å². The van der Waals surface area contributed by atoms with Crippen molar-refractivity contribution in [3.8, 4) is 0 Å². The van der Waals surface area contributed by atoms with Crippen molar-refractivity contribution in [2.75, 3.05) is 0 Å². The predicted octanol–water partition coefficient (Wildman–Crippen LogP) is 2.19. The Balaban J connectivity index is 2.09. The molecule has 0 radical (unpaired) electrons. The van der Waals surface area contributed by atoms with Gasteiger partial charge in [-0.25, -0.2) is 4.18 Å². The molecule has 0 unspecified atom stereocenters. The second-order valence-corrected chi connectivity index (χ2v) is 7.94. The predicted molar refractivity (Wildman–Crippen MR) is 95.1 cm³/mol. The van der Waals surface area contributed by atoms with Crippen LogP contribution in [-0.4, -0.2) is 19.9 Å². The van der Waals surface area contributed by atoms with Gasteiger partial charge in [0.1, 0.15) is 4.90 Å². The number of hydrogen-bond acceptors (Lipinski definition) is 5. The van der Waals surface area contributed by atoms with Gasteiger partial charge in [-0.3, -0.25) is 4.79 Å². The van der Waals surface area contributed by atoms with Crippen molar-refractivity contribution in [1.29, 1.82) is 0 Å².